The zero-order valence-corrected chi connectivity index (χ0v) is 17.9. The van der Waals surface area contributed by atoms with Gasteiger partial charge in [-0.1, -0.05) is 31.9 Å². The molecule has 1 spiro atoms. The van der Waals surface area contributed by atoms with Crippen molar-refractivity contribution in [3.8, 4) is 0 Å². The van der Waals surface area contributed by atoms with E-state index in [4.69, 9.17) is 4.98 Å². The molecule has 0 radical (unpaired) electrons. The fraction of sp³-hybridized carbons (Fsp3) is 0.565. The second-order valence-electron chi connectivity index (χ2n) is 9.26. The highest BCUT2D eigenvalue weighted by atomic mass is 16.2. The van der Waals surface area contributed by atoms with Crippen molar-refractivity contribution in [1.29, 1.82) is 0 Å². The third-order valence-corrected chi connectivity index (χ3v) is 7.36. The van der Waals surface area contributed by atoms with Gasteiger partial charge in [0.25, 0.3) is 5.91 Å². The number of benzene rings is 1. The van der Waals surface area contributed by atoms with Crippen LogP contribution in [0.5, 0.6) is 0 Å². The number of carbonyl (C=O) groups is 3. The lowest BCUT2D eigenvalue weighted by atomic mass is 9.73. The monoisotopic (exact) mass is 423 g/mol. The molecule has 1 aromatic heterocycles. The summed E-state index contributed by atoms with van der Waals surface area (Å²) in [5, 5.41) is 2.93. The summed E-state index contributed by atoms with van der Waals surface area (Å²) in [5.74, 6) is 0.695. The summed E-state index contributed by atoms with van der Waals surface area (Å²) in [6.07, 6.45) is 5.38. The van der Waals surface area contributed by atoms with Crippen LogP contribution in [-0.2, 0) is 9.59 Å². The van der Waals surface area contributed by atoms with E-state index >= 15 is 0 Å². The summed E-state index contributed by atoms with van der Waals surface area (Å²) >= 11 is 0. The van der Waals surface area contributed by atoms with Crippen molar-refractivity contribution < 1.29 is 14.4 Å². The van der Waals surface area contributed by atoms with E-state index in [9.17, 15) is 14.4 Å². The number of fused-ring (bicyclic) bond motifs is 1. The van der Waals surface area contributed by atoms with Gasteiger partial charge in [-0.2, -0.15) is 0 Å². The Morgan fingerprint density at radius 2 is 2.03 bits per heavy atom. The Hall–Kier alpha value is -2.90. The maximum atomic E-state index is 13.2. The Bertz CT molecular complexity index is 1000. The van der Waals surface area contributed by atoms with Crippen LogP contribution in [-0.4, -0.2) is 62.8 Å². The molecule has 3 fully saturated rings. The first-order valence-electron chi connectivity index (χ1n) is 11.3. The number of likely N-dealkylation sites (tertiary alicyclic amines) is 1. The molecule has 3 aliphatic rings. The molecule has 2 aromatic rings. The van der Waals surface area contributed by atoms with E-state index in [1.54, 1.807) is 4.90 Å². The number of H-pyrrole nitrogens is 1. The van der Waals surface area contributed by atoms with Crippen LogP contribution in [0.1, 0.15) is 57.2 Å². The van der Waals surface area contributed by atoms with Gasteiger partial charge in [0.1, 0.15) is 17.9 Å². The van der Waals surface area contributed by atoms with Crippen molar-refractivity contribution in [3.05, 3.63) is 30.1 Å². The highest BCUT2D eigenvalue weighted by molar-refractivity contribution is 6.09. The number of nitrogens with zero attached hydrogens (tertiary/aromatic N) is 3. The van der Waals surface area contributed by atoms with Crippen molar-refractivity contribution in [2.45, 2.75) is 56.9 Å². The van der Waals surface area contributed by atoms with Crippen LogP contribution in [0.25, 0.3) is 11.0 Å². The van der Waals surface area contributed by atoms with E-state index in [0.29, 0.717) is 19.5 Å². The summed E-state index contributed by atoms with van der Waals surface area (Å²) in [7, 11) is 0. The number of hydrogen-bond donors (Lipinski definition) is 2. The van der Waals surface area contributed by atoms with Gasteiger partial charge in [0.05, 0.1) is 11.0 Å². The van der Waals surface area contributed by atoms with Crippen LogP contribution < -0.4 is 5.32 Å². The number of piperidine rings is 1. The Morgan fingerprint density at radius 1 is 1.19 bits per heavy atom. The fourth-order valence-electron chi connectivity index (χ4n) is 5.47. The third-order valence-electron chi connectivity index (χ3n) is 7.36. The number of carbonyl (C=O) groups excluding carboxylic acids is 3. The zero-order valence-electron chi connectivity index (χ0n) is 17.9. The van der Waals surface area contributed by atoms with Crippen molar-refractivity contribution in [1.82, 2.24) is 25.1 Å². The molecule has 8 nitrogen and oxygen atoms in total. The molecule has 3 heterocycles. The number of aromatic amines is 1. The molecule has 0 unspecified atom stereocenters. The number of hydrogen-bond acceptors (Lipinski definition) is 4. The standard InChI is InChI=1S/C23H29N5O3/c1-15-7-4-5-11-23(15)21(30)28(22(31)26-23)14-19(29)27-12-6-8-16(13-27)20-24-17-9-2-3-10-18(17)25-20/h2-3,9-10,15-16H,4-8,11-14H2,1H3,(H,24,25)(H,26,31)/t15-,16+,23+/m1/s1. The number of imide groups is 1. The molecule has 2 N–H and O–H groups in total. The summed E-state index contributed by atoms with van der Waals surface area (Å²) in [6, 6.07) is 7.47. The predicted molar refractivity (Wildman–Crippen MR) is 115 cm³/mol. The van der Waals surface area contributed by atoms with Crippen molar-refractivity contribution in [2.24, 2.45) is 5.92 Å². The number of para-hydroxylation sites is 2. The van der Waals surface area contributed by atoms with Crippen LogP contribution in [0, 0.1) is 5.92 Å². The van der Waals surface area contributed by atoms with Gasteiger partial charge in [-0.05, 0) is 43.7 Å². The summed E-state index contributed by atoms with van der Waals surface area (Å²) < 4.78 is 0. The fourth-order valence-corrected chi connectivity index (χ4v) is 5.47. The molecule has 4 amide bonds. The van der Waals surface area contributed by atoms with Gasteiger partial charge in [-0.25, -0.2) is 9.78 Å². The van der Waals surface area contributed by atoms with E-state index in [2.05, 4.69) is 10.3 Å². The van der Waals surface area contributed by atoms with Crippen molar-refractivity contribution >= 4 is 28.9 Å². The summed E-state index contributed by atoms with van der Waals surface area (Å²) in [6.45, 7) is 3.02. The normalized spacial score (nSPS) is 29.1. The van der Waals surface area contributed by atoms with E-state index in [1.807, 2.05) is 31.2 Å². The van der Waals surface area contributed by atoms with Crippen LogP contribution >= 0.6 is 0 Å². The highest BCUT2D eigenvalue weighted by Crippen LogP contribution is 2.38. The molecule has 1 aliphatic carbocycles. The van der Waals surface area contributed by atoms with Crippen LogP contribution in [0.15, 0.2) is 24.3 Å². The number of aromatic nitrogens is 2. The van der Waals surface area contributed by atoms with E-state index in [-0.39, 0.29) is 30.2 Å². The van der Waals surface area contributed by atoms with E-state index < -0.39 is 11.6 Å². The van der Waals surface area contributed by atoms with Crippen LogP contribution in [0.2, 0.25) is 0 Å². The Kier molecular flexibility index (Phi) is 4.95. The van der Waals surface area contributed by atoms with Crippen molar-refractivity contribution in [2.75, 3.05) is 19.6 Å². The lowest BCUT2D eigenvalue weighted by molar-refractivity contribution is -0.141. The molecule has 5 rings (SSSR count). The molecule has 2 aliphatic heterocycles. The minimum Gasteiger partial charge on any atom is -0.342 e. The number of imidazole rings is 1. The molecule has 31 heavy (non-hydrogen) atoms. The molecule has 164 valence electrons. The lowest BCUT2D eigenvalue weighted by Crippen LogP contribution is -2.54. The smallest absolute Gasteiger partial charge is 0.325 e. The Labute approximate surface area is 181 Å². The molecule has 2 saturated heterocycles. The quantitative estimate of drug-likeness (QED) is 0.742. The lowest BCUT2D eigenvalue weighted by Gasteiger charge is -2.37. The number of amides is 4. The predicted octanol–water partition coefficient (Wildman–Crippen LogP) is 2.77. The molecule has 1 saturated carbocycles. The number of rotatable bonds is 3. The van der Waals surface area contributed by atoms with E-state index in [1.165, 1.54) is 0 Å². The van der Waals surface area contributed by atoms with Crippen molar-refractivity contribution in [3.63, 3.8) is 0 Å². The largest absolute Gasteiger partial charge is 0.342 e. The first-order chi connectivity index (χ1) is 15.0. The molecular weight excluding hydrogens is 394 g/mol. The zero-order chi connectivity index (χ0) is 21.6. The highest BCUT2D eigenvalue weighted by Gasteiger charge is 2.55. The van der Waals surface area contributed by atoms with Gasteiger partial charge in [-0.3, -0.25) is 14.5 Å². The van der Waals surface area contributed by atoms with Gasteiger partial charge in [0, 0.05) is 19.0 Å². The molecule has 8 heteroatoms. The first-order valence-corrected chi connectivity index (χ1v) is 11.3. The van der Waals surface area contributed by atoms with E-state index in [0.717, 1.165) is 53.9 Å². The van der Waals surface area contributed by atoms with Gasteiger partial charge < -0.3 is 15.2 Å². The minimum atomic E-state index is -0.825. The summed E-state index contributed by atoms with van der Waals surface area (Å²) in [5.41, 5.74) is 1.09. The minimum absolute atomic E-state index is 0.0882. The number of nitrogens with one attached hydrogen (secondary N) is 2. The SMILES string of the molecule is C[C@@H]1CCCC[C@]12NC(=O)N(CC(=O)N1CCC[C@H](c3nc4ccccc4[nH]3)C1)C2=O. The topological polar surface area (TPSA) is 98.4 Å². The average Bonchev–Trinajstić information content (AvgIpc) is 3.31. The van der Waals surface area contributed by atoms with Crippen LogP contribution in [0.3, 0.4) is 0 Å². The van der Waals surface area contributed by atoms with Gasteiger partial charge in [0.2, 0.25) is 5.91 Å². The van der Waals surface area contributed by atoms with Crippen LogP contribution in [0.4, 0.5) is 4.79 Å². The Balaban J connectivity index is 1.28. The molecule has 1 aromatic carbocycles. The molecule has 0 bridgehead atoms. The number of urea groups is 1. The average molecular weight is 424 g/mol. The third kappa shape index (κ3) is 3.38. The maximum Gasteiger partial charge on any atom is 0.325 e. The summed E-state index contributed by atoms with van der Waals surface area (Å²) in [4.78, 5) is 49.8. The molecular formula is C23H29N5O3. The Morgan fingerprint density at radius 3 is 2.84 bits per heavy atom. The second kappa shape index (κ2) is 7.66. The molecule has 3 atom stereocenters. The van der Waals surface area contributed by atoms with Gasteiger partial charge in [0.15, 0.2) is 0 Å². The first kappa shape index (κ1) is 20.0. The maximum absolute atomic E-state index is 13.2. The van der Waals surface area contributed by atoms with Gasteiger partial charge in [-0.15, -0.1) is 0 Å². The second-order valence-corrected chi connectivity index (χ2v) is 9.26. The van der Waals surface area contributed by atoms with Gasteiger partial charge >= 0.3 is 6.03 Å².